The third-order valence-electron chi connectivity index (χ3n) is 4.21. The standard InChI is InChI=1S/C18H22N2O/c1-11(2)15-16(12(3)4)20-10-13-8-6-7-9-14(13)17(20)19(5)18(15)21/h6-12H,1-5H3. The molecule has 0 aliphatic rings. The van der Waals surface area contributed by atoms with Crippen LogP contribution in [0.5, 0.6) is 0 Å². The van der Waals surface area contributed by atoms with E-state index in [1.807, 2.05) is 19.2 Å². The van der Waals surface area contributed by atoms with Gasteiger partial charge >= 0.3 is 0 Å². The molecule has 0 radical (unpaired) electrons. The molecule has 0 N–H and O–H groups in total. The van der Waals surface area contributed by atoms with Crippen molar-refractivity contribution in [3.8, 4) is 0 Å². The number of aryl methyl sites for hydroxylation is 1. The Bertz CT molecular complexity index is 881. The second-order valence-corrected chi connectivity index (χ2v) is 6.38. The summed E-state index contributed by atoms with van der Waals surface area (Å²) in [5, 5.41) is 2.31. The number of hydrogen-bond donors (Lipinski definition) is 0. The van der Waals surface area contributed by atoms with Crippen LogP contribution in [0.3, 0.4) is 0 Å². The first-order valence-corrected chi connectivity index (χ1v) is 7.56. The van der Waals surface area contributed by atoms with Crippen molar-refractivity contribution in [2.75, 3.05) is 0 Å². The van der Waals surface area contributed by atoms with Gasteiger partial charge in [0.1, 0.15) is 5.65 Å². The van der Waals surface area contributed by atoms with E-state index in [9.17, 15) is 4.79 Å². The molecule has 3 aromatic rings. The van der Waals surface area contributed by atoms with E-state index in [0.717, 1.165) is 22.3 Å². The van der Waals surface area contributed by atoms with Crippen LogP contribution in [0.2, 0.25) is 0 Å². The molecule has 0 bridgehead atoms. The fourth-order valence-corrected chi connectivity index (χ4v) is 3.32. The quantitative estimate of drug-likeness (QED) is 0.696. The molecule has 0 atom stereocenters. The van der Waals surface area contributed by atoms with Crippen LogP contribution in [0, 0.1) is 0 Å². The van der Waals surface area contributed by atoms with Gasteiger partial charge in [0.25, 0.3) is 5.56 Å². The molecule has 0 unspecified atom stereocenters. The van der Waals surface area contributed by atoms with Crippen molar-refractivity contribution < 1.29 is 0 Å². The van der Waals surface area contributed by atoms with Crippen LogP contribution in [0.25, 0.3) is 16.4 Å². The van der Waals surface area contributed by atoms with Gasteiger partial charge in [-0.15, -0.1) is 0 Å². The Morgan fingerprint density at radius 2 is 1.67 bits per heavy atom. The third kappa shape index (κ3) is 1.91. The maximum Gasteiger partial charge on any atom is 0.257 e. The number of rotatable bonds is 2. The van der Waals surface area contributed by atoms with E-state index in [0.29, 0.717) is 5.92 Å². The summed E-state index contributed by atoms with van der Waals surface area (Å²) < 4.78 is 4.01. The molecule has 110 valence electrons. The number of aromatic nitrogens is 2. The van der Waals surface area contributed by atoms with Crippen molar-refractivity contribution in [1.82, 2.24) is 8.97 Å². The minimum atomic E-state index is 0.130. The highest BCUT2D eigenvalue weighted by molar-refractivity contribution is 5.95. The molecule has 2 aromatic heterocycles. The number of hydrogen-bond acceptors (Lipinski definition) is 1. The Balaban J connectivity index is 2.63. The van der Waals surface area contributed by atoms with Crippen molar-refractivity contribution in [2.45, 2.75) is 39.5 Å². The van der Waals surface area contributed by atoms with Gasteiger partial charge < -0.3 is 4.40 Å². The Morgan fingerprint density at radius 1 is 1.00 bits per heavy atom. The number of benzene rings is 1. The Morgan fingerprint density at radius 3 is 2.29 bits per heavy atom. The molecule has 0 spiro atoms. The molecule has 1 aromatic carbocycles. The molecule has 0 aliphatic heterocycles. The van der Waals surface area contributed by atoms with Crippen molar-refractivity contribution in [2.24, 2.45) is 7.05 Å². The number of nitrogens with zero attached hydrogens (tertiary/aromatic N) is 2. The Hall–Kier alpha value is -2.03. The molecule has 21 heavy (non-hydrogen) atoms. The van der Waals surface area contributed by atoms with E-state index in [1.165, 1.54) is 5.39 Å². The maximum absolute atomic E-state index is 12.8. The van der Waals surface area contributed by atoms with Gasteiger partial charge in [-0.2, -0.15) is 0 Å². The van der Waals surface area contributed by atoms with Gasteiger partial charge in [0.05, 0.1) is 0 Å². The lowest BCUT2D eigenvalue weighted by Crippen LogP contribution is -2.27. The SMILES string of the molecule is CC(C)c1c(C(C)C)n2cc3ccccc3c2n(C)c1=O. The Kier molecular flexibility index (Phi) is 3.16. The van der Waals surface area contributed by atoms with E-state index < -0.39 is 0 Å². The zero-order valence-corrected chi connectivity index (χ0v) is 13.3. The topological polar surface area (TPSA) is 26.4 Å². The van der Waals surface area contributed by atoms with E-state index in [1.54, 1.807) is 4.57 Å². The fourth-order valence-electron chi connectivity index (χ4n) is 3.32. The first-order valence-electron chi connectivity index (χ1n) is 7.56. The molecule has 0 fully saturated rings. The summed E-state index contributed by atoms with van der Waals surface area (Å²) in [6.07, 6.45) is 2.16. The predicted molar refractivity (Wildman–Crippen MR) is 88.3 cm³/mol. The van der Waals surface area contributed by atoms with E-state index in [4.69, 9.17) is 0 Å². The van der Waals surface area contributed by atoms with Gasteiger partial charge in [0.2, 0.25) is 0 Å². The van der Waals surface area contributed by atoms with Crippen LogP contribution >= 0.6 is 0 Å². The maximum atomic E-state index is 12.8. The first-order chi connectivity index (χ1) is 9.93. The summed E-state index contributed by atoms with van der Waals surface area (Å²) in [7, 11) is 1.88. The van der Waals surface area contributed by atoms with Crippen molar-refractivity contribution in [3.05, 3.63) is 52.1 Å². The smallest absolute Gasteiger partial charge is 0.257 e. The lowest BCUT2D eigenvalue weighted by Gasteiger charge is -2.19. The monoisotopic (exact) mass is 282 g/mol. The minimum Gasteiger partial charge on any atom is -0.305 e. The summed E-state index contributed by atoms with van der Waals surface area (Å²) in [6.45, 7) is 8.50. The molecule has 0 amide bonds. The highest BCUT2D eigenvalue weighted by atomic mass is 16.1. The molecule has 0 saturated heterocycles. The summed E-state index contributed by atoms with van der Waals surface area (Å²) in [5.41, 5.74) is 3.19. The normalized spacial score (nSPS) is 12.1. The van der Waals surface area contributed by atoms with Crippen molar-refractivity contribution in [3.63, 3.8) is 0 Å². The highest BCUT2D eigenvalue weighted by Gasteiger charge is 2.21. The number of fused-ring (bicyclic) bond motifs is 3. The van der Waals surface area contributed by atoms with E-state index in [-0.39, 0.29) is 11.5 Å². The molecule has 0 saturated carbocycles. The molecule has 3 heteroatoms. The average molecular weight is 282 g/mol. The summed E-state index contributed by atoms with van der Waals surface area (Å²) in [6, 6.07) is 8.26. The average Bonchev–Trinajstić information content (AvgIpc) is 2.80. The van der Waals surface area contributed by atoms with Crippen LogP contribution in [0.15, 0.2) is 35.3 Å². The first kappa shape index (κ1) is 13.9. The Labute approximate surface area is 124 Å². The summed E-state index contributed by atoms with van der Waals surface area (Å²) in [4.78, 5) is 12.8. The second-order valence-electron chi connectivity index (χ2n) is 6.38. The second kappa shape index (κ2) is 4.76. The van der Waals surface area contributed by atoms with Gasteiger partial charge in [0.15, 0.2) is 0 Å². The summed E-state index contributed by atoms with van der Waals surface area (Å²) >= 11 is 0. The lowest BCUT2D eigenvalue weighted by molar-refractivity contribution is 0.696. The lowest BCUT2D eigenvalue weighted by atomic mass is 9.96. The third-order valence-corrected chi connectivity index (χ3v) is 4.21. The molecule has 2 heterocycles. The van der Waals surface area contributed by atoms with Crippen LogP contribution in [0.1, 0.15) is 50.8 Å². The van der Waals surface area contributed by atoms with E-state index in [2.05, 4.69) is 50.4 Å². The molecular weight excluding hydrogens is 260 g/mol. The predicted octanol–water partition coefficient (Wildman–Crippen LogP) is 4.04. The van der Waals surface area contributed by atoms with E-state index >= 15 is 0 Å². The van der Waals surface area contributed by atoms with Gasteiger partial charge in [-0.3, -0.25) is 9.36 Å². The molecule has 0 aliphatic carbocycles. The minimum absolute atomic E-state index is 0.130. The van der Waals surface area contributed by atoms with Gasteiger partial charge in [-0.1, -0.05) is 52.0 Å². The van der Waals surface area contributed by atoms with Crippen molar-refractivity contribution >= 4 is 16.4 Å². The van der Waals surface area contributed by atoms with Gasteiger partial charge in [0, 0.05) is 35.3 Å². The summed E-state index contributed by atoms with van der Waals surface area (Å²) in [5.74, 6) is 0.525. The largest absolute Gasteiger partial charge is 0.305 e. The highest BCUT2D eigenvalue weighted by Crippen LogP contribution is 2.29. The van der Waals surface area contributed by atoms with Crippen molar-refractivity contribution in [1.29, 1.82) is 0 Å². The molecule has 3 rings (SSSR count). The zero-order valence-electron chi connectivity index (χ0n) is 13.3. The van der Waals surface area contributed by atoms with Crippen LogP contribution in [-0.2, 0) is 7.05 Å². The van der Waals surface area contributed by atoms with Gasteiger partial charge in [-0.05, 0) is 11.8 Å². The van der Waals surface area contributed by atoms with Crippen LogP contribution in [0.4, 0.5) is 0 Å². The zero-order chi connectivity index (χ0) is 15.3. The molecule has 3 nitrogen and oxygen atoms in total. The molecular formula is C18H22N2O. The fraction of sp³-hybridized carbons (Fsp3) is 0.389. The van der Waals surface area contributed by atoms with Crippen LogP contribution < -0.4 is 5.56 Å². The van der Waals surface area contributed by atoms with Gasteiger partial charge in [-0.25, -0.2) is 0 Å². The van der Waals surface area contributed by atoms with Crippen LogP contribution in [-0.4, -0.2) is 8.97 Å².